The predicted molar refractivity (Wildman–Crippen MR) is 494 cm³/mol. The quantitative estimate of drug-likeness (QED) is 0.0398. The van der Waals surface area contributed by atoms with Crippen LogP contribution in [0.4, 0.5) is 0 Å². The van der Waals surface area contributed by atoms with E-state index in [-0.39, 0.29) is 42.0 Å². The van der Waals surface area contributed by atoms with Crippen LogP contribution in [0.2, 0.25) is 0 Å². The molecule has 120 heavy (non-hydrogen) atoms. The lowest BCUT2D eigenvalue weighted by Crippen LogP contribution is -2.15. The van der Waals surface area contributed by atoms with Crippen LogP contribution in [0, 0.1) is 0 Å². The van der Waals surface area contributed by atoms with E-state index in [1.807, 2.05) is 155 Å². The second-order valence-corrected chi connectivity index (χ2v) is 29.9. The van der Waals surface area contributed by atoms with Crippen LogP contribution in [0.15, 0.2) is 394 Å². The van der Waals surface area contributed by atoms with E-state index in [2.05, 4.69) is 295 Å². The summed E-state index contributed by atoms with van der Waals surface area (Å²) in [5, 5.41) is 0. The van der Waals surface area contributed by atoms with Crippen molar-refractivity contribution < 1.29 is 33.2 Å². The first-order valence-corrected chi connectivity index (χ1v) is 42.8. The molecule has 0 aliphatic heterocycles. The molecule has 0 aromatic heterocycles. The van der Waals surface area contributed by atoms with Gasteiger partial charge in [0.1, 0.15) is 58.6 Å². The van der Waals surface area contributed by atoms with E-state index in [4.69, 9.17) is 33.2 Å². The van der Waals surface area contributed by atoms with Gasteiger partial charge in [0.2, 0.25) is 0 Å². The van der Waals surface area contributed by atoms with Crippen molar-refractivity contribution in [2.24, 2.45) is 0 Å². The first-order chi connectivity index (χ1) is 59.1. The summed E-state index contributed by atoms with van der Waals surface area (Å²) < 4.78 is 43.7. The standard InChI is InChI=1S/C45H36O3.C34H38O4.C34H38/c1-7-19-34(20-8-1)43(35-21-9-2-10-22-35)46-40-31-41(47-44(36-23-11-3-12-24-36)37-25-13-4-14-26-37)33-42(32-40)48-45(38-27-15-5-16-28-38)39-29-17-6-18-30-39;1-5-35-29-17-9-25(10-18-29)33(26-11-19-30(20-12-26)36-6-2)34(27-13-21-31(22-14-27)37-7-3)28-15-23-32(24-16-28)38-8-4;1-5-25-9-17-29(18-10-25)33(30-19-11-26(6-2)12-20-30)34(31-21-13-27(7-3)14-22-31)32-23-15-28(8-4)16-24-32/h1-33,43-45H;9-24,33-34H,5-8H2,1-4H3;9-24,33-34H,5-8H2,1-4H3. The lowest BCUT2D eigenvalue weighted by atomic mass is 9.73. The first kappa shape index (κ1) is 84.8. The number of ether oxygens (including phenoxy) is 7. The van der Waals surface area contributed by atoms with Gasteiger partial charge in [-0.15, -0.1) is 0 Å². The zero-order valence-corrected chi connectivity index (χ0v) is 70.6. The van der Waals surface area contributed by atoms with Crippen molar-refractivity contribution in [2.75, 3.05) is 26.4 Å². The van der Waals surface area contributed by atoms with Crippen LogP contribution in [0.1, 0.15) is 198 Å². The molecule has 0 N–H and O–H groups in total. The van der Waals surface area contributed by atoms with Gasteiger partial charge >= 0.3 is 0 Å². The molecule has 0 unspecified atom stereocenters. The van der Waals surface area contributed by atoms with Crippen LogP contribution in [-0.2, 0) is 25.7 Å². The normalized spacial score (nSPS) is 11.1. The molecule has 7 heteroatoms. The zero-order valence-electron chi connectivity index (χ0n) is 70.6. The highest BCUT2D eigenvalue weighted by Crippen LogP contribution is 2.47. The molecule has 0 saturated carbocycles. The Labute approximate surface area is 712 Å². The van der Waals surface area contributed by atoms with Crippen LogP contribution in [0.5, 0.6) is 40.2 Å². The zero-order chi connectivity index (χ0) is 83.0. The summed E-state index contributed by atoms with van der Waals surface area (Å²) in [7, 11) is 0. The third kappa shape index (κ3) is 22.8. The van der Waals surface area contributed by atoms with Gasteiger partial charge in [-0.3, -0.25) is 0 Å². The van der Waals surface area contributed by atoms with Gasteiger partial charge in [-0.25, -0.2) is 0 Å². The van der Waals surface area contributed by atoms with E-state index < -0.39 is 0 Å². The van der Waals surface area contributed by atoms with Gasteiger partial charge in [0.05, 0.1) is 26.4 Å². The summed E-state index contributed by atoms with van der Waals surface area (Å²) in [6.45, 7) is 19.5. The minimum Gasteiger partial charge on any atom is -0.494 e. The molecule has 606 valence electrons. The average Bonchev–Trinajstić information content (AvgIpc) is 0.686. The Morgan fingerprint density at radius 3 is 0.450 bits per heavy atom. The van der Waals surface area contributed by atoms with E-state index in [0.717, 1.165) is 82.1 Å². The van der Waals surface area contributed by atoms with E-state index in [1.165, 1.54) is 66.8 Å². The van der Waals surface area contributed by atoms with E-state index in [1.54, 1.807) is 0 Å². The molecule has 0 aliphatic rings. The number of hydrogen-bond acceptors (Lipinski definition) is 7. The molecule has 0 heterocycles. The van der Waals surface area contributed by atoms with Gasteiger partial charge in [-0.2, -0.15) is 0 Å². The largest absolute Gasteiger partial charge is 0.494 e. The summed E-state index contributed by atoms with van der Waals surface area (Å²) >= 11 is 0. The second kappa shape index (κ2) is 43.9. The number of hydrogen-bond donors (Lipinski definition) is 0. The average molecular weight is 1580 g/mol. The molecule has 15 rings (SSSR count). The van der Waals surface area contributed by atoms with Gasteiger partial charge in [-0.05, 0) is 202 Å². The van der Waals surface area contributed by atoms with E-state index >= 15 is 0 Å². The highest BCUT2D eigenvalue weighted by atomic mass is 16.5. The lowest BCUT2D eigenvalue weighted by molar-refractivity contribution is 0.220. The summed E-state index contributed by atoms with van der Waals surface area (Å²) in [4.78, 5) is 0. The van der Waals surface area contributed by atoms with Crippen molar-refractivity contribution in [3.8, 4) is 40.2 Å². The fourth-order valence-corrected chi connectivity index (χ4v) is 15.8. The van der Waals surface area contributed by atoms with Crippen LogP contribution in [0.25, 0.3) is 0 Å². The van der Waals surface area contributed by atoms with Gasteiger partial charge in [0.25, 0.3) is 0 Å². The summed E-state index contributed by atoms with van der Waals surface area (Å²) in [5.74, 6) is 6.02. The summed E-state index contributed by atoms with van der Waals surface area (Å²) in [5.41, 5.74) is 22.2. The number of rotatable bonds is 34. The molecule has 0 radical (unpaired) electrons. The second-order valence-electron chi connectivity index (χ2n) is 29.9. The number of aryl methyl sites for hydroxylation is 4. The molecule has 0 fully saturated rings. The molecule has 0 saturated heterocycles. The molecule has 0 aliphatic carbocycles. The third-order valence-electron chi connectivity index (χ3n) is 22.1. The highest BCUT2D eigenvalue weighted by molar-refractivity contribution is 5.52. The maximum absolute atomic E-state index is 6.89. The van der Waals surface area contributed by atoms with Gasteiger partial charge < -0.3 is 33.2 Å². The van der Waals surface area contributed by atoms with Crippen LogP contribution in [-0.4, -0.2) is 26.4 Å². The van der Waals surface area contributed by atoms with Crippen LogP contribution >= 0.6 is 0 Å². The molecular weight excluding hydrogens is 1470 g/mol. The lowest BCUT2D eigenvalue weighted by Gasteiger charge is -2.30. The van der Waals surface area contributed by atoms with Gasteiger partial charge in [-0.1, -0.05) is 355 Å². The van der Waals surface area contributed by atoms with Gasteiger partial charge in [0, 0.05) is 41.9 Å². The van der Waals surface area contributed by atoms with Crippen molar-refractivity contribution in [3.05, 3.63) is 494 Å². The van der Waals surface area contributed by atoms with Crippen molar-refractivity contribution in [2.45, 2.75) is 123 Å². The van der Waals surface area contributed by atoms with Crippen molar-refractivity contribution >= 4 is 0 Å². The fourth-order valence-electron chi connectivity index (χ4n) is 15.8. The van der Waals surface area contributed by atoms with Crippen LogP contribution in [0.3, 0.4) is 0 Å². The molecular formula is C113H112O7. The Bertz CT molecular complexity index is 4690. The Hall–Kier alpha value is -13.1. The summed E-state index contributed by atoms with van der Waals surface area (Å²) in [6, 6.07) is 139. The molecule has 15 aromatic rings. The monoisotopic (exact) mass is 1580 g/mol. The van der Waals surface area contributed by atoms with E-state index in [9.17, 15) is 0 Å². The van der Waals surface area contributed by atoms with Crippen molar-refractivity contribution in [1.82, 2.24) is 0 Å². The van der Waals surface area contributed by atoms with Crippen molar-refractivity contribution in [1.29, 1.82) is 0 Å². The molecule has 15 aromatic carbocycles. The molecule has 0 atom stereocenters. The third-order valence-corrected chi connectivity index (χ3v) is 22.1. The fraction of sp³-hybridized carbons (Fsp3) is 0.204. The van der Waals surface area contributed by atoms with Gasteiger partial charge in [0.15, 0.2) is 0 Å². The Morgan fingerprint density at radius 1 is 0.158 bits per heavy atom. The first-order valence-electron chi connectivity index (χ1n) is 42.8. The number of benzene rings is 15. The minimum absolute atomic E-state index is 0.0530. The van der Waals surface area contributed by atoms with Crippen molar-refractivity contribution in [3.63, 3.8) is 0 Å². The Morgan fingerprint density at radius 2 is 0.308 bits per heavy atom. The molecule has 0 amide bonds. The molecule has 7 nitrogen and oxygen atoms in total. The topological polar surface area (TPSA) is 64.6 Å². The SMILES string of the molecule is CCOc1ccc(C(c2ccc(OCC)cc2)C(c2ccc(OCC)cc2)c2ccc(OCC)cc2)cc1.CCc1ccc(C(c2ccc(CC)cc2)C(c2ccc(CC)cc2)c2ccc(CC)cc2)cc1.c1ccc(C(Oc2cc(OC(c3ccccc3)c3ccccc3)cc(OC(c3ccccc3)c3ccccc3)c2)c2ccccc2)cc1. The maximum atomic E-state index is 6.89. The molecule has 0 bridgehead atoms. The van der Waals surface area contributed by atoms with E-state index in [0.29, 0.717) is 43.7 Å². The Balaban J connectivity index is 0.000000158. The minimum atomic E-state index is -0.339. The smallest absolute Gasteiger partial charge is 0.149 e. The summed E-state index contributed by atoms with van der Waals surface area (Å²) in [6.07, 6.45) is 3.25. The molecule has 0 spiro atoms. The Kier molecular flexibility index (Phi) is 31.0. The predicted octanol–water partition coefficient (Wildman–Crippen LogP) is 28.3. The maximum Gasteiger partial charge on any atom is 0.149 e. The van der Waals surface area contributed by atoms with Crippen LogP contribution < -0.4 is 33.2 Å². The highest BCUT2D eigenvalue weighted by Gasteiger charge is 2.32.